The lowest BCUT2D eigenvalue weighted by atomic mass is 9.97. The highest BCUT2D eigenvalue weighted by Crippen LogP contribution is 2.18. The van der Waals surface area contributed by atoms with Crippen LogP contribution >= 0.6 is 0 Å². The lowest BCUT2D eigenvalue weighted by molar-refractivity contribution is -0.133. The number of rotatable bonds is 5. The molecular formula is C12H24N2O2. The fourth-order valence-electron chi connectivity index (χ4n) is 2.08. The Kier molecular flexibility index (Phi) is 5.77. The van der Waals surface area contributed by atoms with Gasteiger partial charge in [0.2, 0.25) is 5.91 Å². The lowest BCUT2D eigenvalue weighted by Crippen LogP contribution is -2.41. The normalized spacial score (nSPS) is 19.8. The third-order valence-electron chi connectivity index (χ3n) is 3.33. The molecule has 1 amide bonds. The Bertz CT molecular complexity index is 213. The minimum absolute atomic E-state index is 0.0178. The van der Waals surface area contributed by atoms with Gasteiger partial charge in [0, 0.05) is 39.3 Å². The molecule has 0 aromatic heterocycles. The molecule has 0 bridgehead atoms. The smallest absolute Gasteiger partial charge is 0.224 e. The number of hydrogen-bond donors (Lipinski definition) is 1. The summed E-state index contributed by atoms with van der Waals surface area (Å²) in [5.74, 6) is 0.833. The summed E-state index contributed by atoms with van der Waals surface area (Å²) in [6.07, 6.45) is 3.47. The second kappa shape index (κ2) is 6.86. The number of amides is 1. The first-order valence-electron chi connectivity index (χ1n) is 6.19. The van der Waals surface area contributed by atoms with Crippen LogP contribution in [0.15, 0.2) is 0 Å². The van der Waals surface area contributed by atoms with E-state index >= 15 is 0 Å². The Labute approximate surface area is 98.1 Å². The van der Waals surface area contributed by atoms with Crippen molar-refractivity contribution in [2.45, 2.75) is 38.6 Å². The molecule has 0 spiro atoms. The van der Waals surface area contributed by atoms with Gasteiger partial charge in [-0.25, -0.2) is 0 Å². The van der Waals surface area contributed by atoms with Crippen molar-refractivity contribution in [3.05, 3.63) is 0 Å². The van der Waals surface area contributed by atoms with E-state index in [1.54, 1.807) is 7.11 Å². The van der Waals surface area contributed by atoms with Crippen molar-refractivity contribution in [1.29, 1.82) is 0 Å². The van der Waals surface area contributed by atoms with Crippen molar-refractivity contribution in [2.75, 3.05) is 26.8 Å². The van der Waals surface area contributed by atoms with Crippen LogP contribution in [0.25, 0.3) is 0 Å². The fourth-order valence-corrected chi connectivity index (χ4v) is 2.08. The van der Waals surface area contributed by atoms with Gasteiger partial charge in [-0.15, -0.1) is 0 Å². The SMILES string of the molecule is CCC(N)CC(=O)N1CCC(COC)CC1. The van der Waals surface area contributed by atoms with Crippen molar-refractivity contribution >= 4 is 5.91 Å². The Morgan fingerprint density at radius 2 is 2.12 bits per heavy atom. The molecule has 2 N–H and O–H groups in total. The number of methoxy groups -OCH3 is 1. The average molecular weight is 228 g/mol. The number of likely N-dealkylation sites (tertiary alicyclic amines) is 1. The molecule has 4 nitrogen and oxygen atoms in total. The molecule has 0 aromatic rings. The van der Waals surface area contributed by atoms with E-state index in [0.29, 0.717) is 12.3 Å². The summed E-state index contributed by atoms with van der Waals surface area (Å²) < 4.78 is 5.14. The second-order valence-corrected chi connectivity index (χ2v) is 4.65. The van der Waals surface area contributed by atoms with E-state index in [1.807, 2.05) is 11.8 Å². The minimum atomic E-state index is 0.0178. The van der Waals surface area contributed by atoms with Crippen molar-refractivity contribution < 1.29 is 9.53 Å². The van der Waals surface area contributed by atoms with Crippen molar-refractivity contribution in [2.24, 2.45) is 11.7 Å². The predicted octanol–water partition coefficient (Wildman–Crippen LogP) is 0.999. The van der Waals surface area contributed by atoms with Crippen LogP contribution < -0.4 is 5.73 Å². The van der Waals surface area contributed by atoms with Gasteiger partial charge < -0.3 is 15.4 Å². The minimum Gasteiger partial charge on any atom is -0.384 e. The number of ether oxygens (including phenoxy) is 1. The summed E-state index contributed by atoms with van der Waals surface area (Å²) in [5, 5.41) is 0. The molecule has 0 saturated carbocycles. The van der Waals surface area contributed by atoms with Crippen LogP contribution in [0.2, 0.25) is 0 Å². The van der Waals surface area contributed by atoms with Crippen LogP contribution in [-0.2, 0) is 9.53 Å². The number of nitrogens with zero attached hydrogens (tertiary/aromatic N) is 1. The monoisotopic (exact) mass is 228 g/mol. The van der Waals surface area contributed by atoms with Crippen LogP contribution in [0, 0.1) is 5.92 Å². The summed E-state index contributed by atoms with van der Waals surface area (Å²) in [5.41, 5.74) is 5.79. The number of nitrogens with two attached hydrogens (primary N) is 1. The van der Waals surface area contributed by atoms with Gasteiger partial charge in [-0.05, 0) is 25.2 Å². The molecule has 1 heterocycles. The highest BCUT2D eigenvalue weighted by atomic mass is 16.5. The maximum absolute atomic E-state index is 11.8. The number of piperidine rings is 1. The molecule has 0 radical (unpaired) electrons. The maximum Gasteiger partial charge on any atom is 0.224 e. The largest absolute Gasteiger partial charge is 0.384 e. The fraction of sp³-hybridized carbons (Fsp3) is 0.917. The van der Waals surface area contributed by atoms with Crippen LogP contribution in [-0.4, -0.2) is 43.7 Å². The molecule has 1 aliphatic rings. The standard InChI is InChI=1S/C12H24N2O2/c1-3-11(13)8-12(15)14-6-4-10(5-7-14)9-16-2/h10-11H,3-9,13H2,1-2H3. The van der Waals surface area contributed by atoms with Gasteiger partial charge in [0.15, 0.2) is 0 Å². The Balaban J connectivity index is 2.27. The molecule has 1 unspecified atom stereocenters. The van der Waals surface area contributed by atoms with Gasteiger partial charge >= 0.3 is 0 Å². The quantitative estimate of drug-likeness (QED) is 0.763. The molecule has 1 rings (SSSR count). The van der Waals surface area contributed by atoms with Gasteiger partial charge in [0.25, 0.3) is 0 Å². The Hall–Kier alpha value is -0.610. The molecule has 16 heavy (non-hydrogen) atoms. The maximum atomic E-state index is 11.8. The molecule has 0 aliphatic carbocycles. The van der Waals surface area contributed by atoms with Crippen LogP contribution in [0.4, 0.5) is 0 Å². The molecule has 0 aromatic carbocycles. The van der Waals surface area contributed by atoms with Gasteiger partial charge in [0.1, 0.15) is 0 Å². The molecule has 1 fully saturated rings. The summed E-state index contributed by atoms with van der Waals surface area (Å²) in [6.45, 7) is 4.56. The van der Waals surface area contributed by atoms with Crippen molar-refractivity contribution in [3.63, 3.8) is 0 Å². The van der Waals surface area contributed by atoms with Gasteiger partial charge in [-0.3, -0.25) is 4.79 Å². The van der Waals surface area contributed by atoms with Crippen LogP contribution in [0.5, 0.6) is 0 Å². The number of hydrogen-bond acceptors (Lipinski definition) is 3. The Morgan fingerprint density at radius 3 is 2.62 bits per heavy atom. The second-order valence-electron chi connectivity index (χ2n) is 4.65. The summed E-state index contributed by atoms with van der Waals surface area (Å²) in [6, 6.07) is 0.0178. The van der Waals surface area contributed by atoms with E-state index in [9.17, 15) is 4.79 Å². The molecule has 1 aliphatic heterocycles. The summed E-state index contributed by atoms with van der Waals surface area (Å²) >= 11 is 0. The van der Waals surface area contributed by atoms with E-state index in [2.05, 4.69) is 0 Å². The zero-order chi connectivity index (χ0) is 12.0. The summed E-state index contributed by atoms with van der Waals surface area (Å²) in [7, 11) is 1.73. The third-order valence-corrected chi connectivity index (χ3v) is 3.33. The first-order valence-corrected chi connectivity index (χ1v) is 6.19. The van der Waals surface area contributed by atoms with Gasteiger partial charge in [0.05, 0.1) is 0 Å². The van der Waals surface area contributed by atoms with E-state index < -0.39 is 0 Å². The zero-order valence-corrected chi connectivity index (χ0v) is 10.4. The molecule has 94 valence electrons. The Morgan fingerprint density at radius 1 is 1.50 bits per heavy atom. The molecule has 4 heteroatoms. The van der Waals surface area contributed by atoms with E-state index in [4.69, 9.17) is 10.5 Å². The van der Waals surface area contributed by atoms with Gasteiger partial charge in [-0.2, -0.15) is 0 Å². The topological polar surface area (TPSA) is 55.6 Å². The zero-order valence-electron chi connectivity index (χ0n) is 10.4. The van der Waals surface area contributed by atoms with E-state index in [1.165, 1.54) is 0 Å². The van der Waals surface area contributed by atoms with Crippen molar-refractivity contribution in [1.82, 2.24) is 4.90 Å². The predicted molar refractivity (Wildman–Crippen MR) is 64.1 cm³/mol. The van der Waals surface area contributed by atoms with Crippen molar-refractivity contribution in [3.8, 4) is 0 Å². The first-order chi connectivity index (χ1) is 7.67. The van der Waals surface area contributed by atoms with Crippen LogP contribution in [0.1, 0.15) is 32.6 Å². The highest BCUT2D eigenvalue weighted by Gasteiger charge is 2.23. The first kappa shape index (κ1) is 13.5. The number of carbonyl (C=O) groups excluding carboxylic acids is 1. The van der Waals surface area contributed by atoms with Crippen LogP contribution in [0.3, 0.4) is 0 Å². The average Bonchev–Trinajstić information content (AvgIpc) is 2.30. The molecule has 1 saturated heterocycles. The van der Waals surface area contributed by atoms with Gasteiger partial charge in [-0.1, -0.05) is 6.92 Å². The highest BCUT2D eigenvalue weighted by molar-refractivity contribution is 5.76. The molecular weight excluding hydrogens is 204 g/mol. The summed E-state index contributed by atoms with van der Waals surface area (Å²) in [4.78, 5) is 13.8. The van der Waals surface area contributed by atoms with E-state index in [-0.39, 0.29) is 11.9 Å². The van der Waals surface area contributed by atoms with E-state index in [0.717, 1.165) is 39.0 Å². The molecule has 1 atom stereocenters. The third kappa shape index (κ3) is 4.10. The number of carbonyl (C=O) groups is 1. The lowest BCUT2D eigenvalue weighted by Gasteiger charge is -2.32.